The van der Waals surface area contributed by atoms with Gasteiger partial charge in [-0.25, -0.2) is 10.2 Å². The van der Waals surface area contributed by atoms with Crippen LogP contribution in [-0.4, -0.2) is 41.3 Å². The van der Waals surface area contributed by atoms with Crippen molar-refractivity contribution in [3.63, 3.8) is 0 Å². The number of hydrogen-bond acceptors (Lipinski definition) is 7. The van der Waals surface area contributed by atoms with E-state index in [9.17, 15) is 19.8 Å². The summed E-state index contributed by atoms with van der Waals surface area (Å²) in [5.41, 5.74) is 3.98. The molecule has 0 aliphatic carbocycles. The molecule has 0 spiro atoms. The lowest BCUT2D eigenvalue weighted by Gasteiger charge is -2.21. The van der Waals surface area contributed by atoms with Gasteiger partial charge in [0, 0.05) is 6.42 Å². The van der Waals surface area contributed by atoms with Crippen LogP contribution in [0.1, 0.15) is 11.1 Å². The highest BCUT2D eigenvalue weighted by Crippen LogP contribution is 2.13. The van der Waals surface area contributed by atoms with E-state index in [4.69, 9.17) is 10.6 Å². The molecule has 0 aliphatic rings. The summed E-state index contributed by atoms with van der Waals surface area (Å²) in [6, 6.07) is 11.0. The summed E-state index contributed by atoms with van der Waals surface area (Å²) in [5, 5.41) is 21.3. The maximum Gasteiger partial charge on any atom is 0.328 e. The van der Waals surface area contributed by atoms with Crippen molar-refractivity contribution in [1.29, 1.82) is 0 Å². The Balaban J connectivity index is 2.07. The van der Waals surface area contributed by atoms with Gasteiger partial charge in [0.15, 0.2) is 0 Å². The lowest BCUT2D eigenvalue weighted by atomic mass is 10.0. The first-order valence-electron chi connectivity index (χ1n) is 8.33. The van der Waals surface area contributed by atoms with Gasteiger partial charge in [-0.05, 0) is 41.8 Å². The summed E-state index contributed by atoms with van der Waals surface area (Å²) >= 11 is 0. The third-order valence-electron chi connectivity index (χ3n) is 4.07. The summed E-state index contributed by atoms with van der Waals surface area (Å²) in [6.45, 7) is 0. The molecule has 2 rings (SSSR count). The van der Waals surface area contributed by atoms with E-state index in [0.717, 1.165) is 11.1 Å². The molecule has 8 nitrogen and oxygen atoms in total. The predicted molar refractivity (Wildman–Crippen MR) is 98.7 cm³/mol. The normalized spacial score (nSPS) is 12.8. The molecular weight excluding hydrogens is 350 g/mol. The topological polar surface area (TPSA) is 134 Å². The minimum absolute atomic E-state index is 0.110. The molecule has 0 aromatic heterocycles. The third-order valence-corrected chi connectivity index (χ3v) is 4.07. The molecule has 0 bridgehead atoms. The number of hydrogen-bond donors (Lipinski definition) is 5. The van der Waals surface area contributed by atoms with Gasteiger partial charge in [-0.2, -0.15) is 0 Å². The Bertz CT molecular complexity index is 762. The Morgan fingerprint density at radius 3 is 1.78 bits per heavy atom. The number of nitrogens with one attached hydrogen (secondary N) is 2. The molecule has 6 N–H and O–H groups in total. The van der Waals surface area contributed by atoms with Gasteiger partial charge in [0.2, 0.25) is 5.91 Å². The predicted octanol–water partition coefficient (Wildman–Crippen LogP) is 0.373. The molecule has 0 radical (unpaired) electrons. The van der Waals surface area contributed by atoms with Crippen LogP contribution in [0.3, 0.4) is 0 Å². The van der Waals surface area contributed by atoms with Crippen LogP contribution in [0.5, 0.6) is 11.5 Å². The molecule has 2 aromatic rings. The second kappa shape index (κ2) is 9.56. The van der Waals surface area contributed by atoms with Gasteiger partial charge in [-0.15, -0.1) is 0 Å². The van der Waals surface area contributed by atoms with E-state index in [0.29, 0.717) is 0 Å². The molecule has 0 unspecified atom stereocenters. The van der Waals surface area contributed by atoms with E-state index in [1.54, 1.807) is 24.3 Å². The van der Waals surface area contributed by atoms with Crippen molar-refractivity contribution in [3.8, 4) is 11.5 Å². The van der Waals surface area contributed by atoms with Gasteiger partial charge in [0.25, 0.3) is 0 Å². The maximum absolute atomic E-state index is 12.6. The molecule has 27 heavy (non-hydrogen) atoms. The summed E-state index contributed by atoms with van der Waals surface area (Å²) in [4.78, 5) is 24.6. The molecule has 0 saturated heterocycles. The Morgan fingerprint density at radius 2 is 1.37 bits per heavy atom. The van der Waals surface area contributed by atoms with Crippen molar-refractivity contribution in [1.82, 2.24) is 10.7 Å². The average Bonchev–Trinajstić information content (AvgIpc) is 2.67. The zero-order chi connectivity index (χ0) is 19.8. The van der Waals surface area contributed by atoms with Crippen LogP contribution < -0.4 is 16.6 Å². The fourth-order valence-corrected chi connectivity index (χ4v) is 2.57. The average molecular weight is 373 g/mol. The Labute approximate surface area is 156 Å². The summed E-state index contributed by atoms with van der Waals surface area (Å²) in [5.74, 6) is 4.69. The molecule has 0 heterocycles. The Hall–Kier alpha value is -3.10. The third kappa shape index (κ3) is 5.98. The highest BCUT2D eigenvalue weighted by atomic mass is 16.5. The van der Waals surface area contributed by atoms with Crippen LogP contribution in [0.25, 0.3) is 0 Å². The maximum atomic E-state index is 12.6. The summed E-state index contributed by atoms with van der Waals surface area (Å²) in [6.07, 6.45) is 0.477. The van der Waals surface area contributed by atoms with Crippen LogP contribution in [-0.2, 0) is 27.2 Å². The van der Waals surface area contributed by atoms with Gasteiger partial charge in [0.1, 0.15) is 23.6 Å². The van der Waals surface area contributed by atoms with E-state index in [2.05, 4.69) is 10.7 Å². The Morgan fingerprint density at radius 1 is 0.926 bits per heavy atom. The number of hydrazine groups is 1. The molecule has 144 valence electrons. The first-order valence-corrected chi connectivity index (χ1v) is 8.33. The van der Waals surface area contributed by atoms with Crippen molar-refractivity contribution in [3.05, 3.63) is 59.7 Å². The van der Waals surface area contributed by atoms with Gasteiger partial charge in [-0.1, -0.05) is 24.3 Å². The SMILES string of the molecule is COC(=O)[C@H](Cc1ccc(O)cc1)NC(=O)[C@H](Cc1ccc(O)cc1)NN. The molecule has 2 atom stereocenters. The number of amides is 1. The number of methoxy groups -OCH3 is 1. The summed E-state index contributed by atoms with van der Waals surface area (Å²) < 4.78 is 4.77. The molecule has 1 amide bonds. The first-order chi connectivity index (χ1) is 12.9. The monoisotopic (exact) mass is 373 g/mol. The molecule has 0 saturated carbocycles. The van der Waals surface area contributed by atoms with Crippen molar-refractivity contribution < 1.29 is 24.5 Å². The molecule has 8 heteroatoms. The molecule has 0 aliphatic heterocycles. The second-order valence-corrected chi connectivity index (χ2v) is 6.04. The number of nitrogens with two attached hydrogens (primary N) is 1. The van der Waals surface area contributed by atoms with Crippen molar-refractivity contribution in [2.75, 3.05) is 7.11 Å². The van der Waals surface area contributed by atoms with Gasteiger partial charge < -0.3 is 20.3 Å². The van der Waals surface area contributed by atoms with E-state index in [1.165, 1.54) is 31.4 Å². The van der Waals surface area contributed by atoms with Gasteiger partial charge in [-0.3, -0.25) is 10.6 Å². The number of aromatic hydroxyl groups is 2. The minimum atomic E-state index is -0.900. The number of carbonyl (C=O) groups excluding carboxylic acids is 2. The van der Waals surface area contributed by atoms with E-state index in [1.807, 2.05) is 0 Å². The number of rotatable bonds is 8. The van der Waals surface area contributed by atoms with Crippen LogP contribution in [0.4, 0.5) is 0 Å². The van der Waals surface area contributed by atoms with Crippen LogP contribution in [0.15, 0.2) is 48.5 Å². The quantitative estimate of drug-likeness (QED) is 0.256. The molecule has 2 aromatic carbocycles. The molecule has 0 fully saturated rings. The Kier molecular flexibility index (Phi) is 7.16. The fraction of sp³-hybridized carbons (Fsp3) is 0.263. The van der Waals surface area contributed by atoms with E-state index in [-0.39, 0.29) is 24.3 Å². The van der Waals surface area contributed by atoms with Crippen LogP contribution in [0.2, 0.25) is 0 Å². The number of benzene rings is 2. The highest BCUT2D eigenvalue weighted by molar-refractivity contribution is 5.87. The first kappa shape index (κ1) is 20.2. The zero-order valence-corrected chi connectivity index (χ0v) is 14.9. The summed E-state index contributed by atoms with van der Waals surface area (Å²) in [7, 11) is 1.24. The lowest BCUT2D eigenvalue weighted by Crippen LogP contribution is -2.53. The smallest absolute Gasteiger partial charge is 0.328 e. The van der Waals surface area contributed by atoms with Gasteiger partial charge >= 0.3 is 5.97 Å². The van der Waals surface area contributed by atoms with Crippen molar-refractivity contribution >= 4 is 11.9 Å². The largest absolute Gasteiger partial charge is 0.508 e. The van der Waals surface area contributed by atoms with Crippen LogP contribution in [0, 0.1) is 0 Å². The number of phenolic OH excluding ortho intramolecular Hbond substituents is 2. The van der Waals surface area contributed by atoms with Crippen LogP contribution >= 0.6 is 0 Å². The van der Waals surface area contributed by atoms with E-state index < -0.39 is 24.0 Å². The highest BCUT2D eigenvalue weighted by Gasteiger charge is 2.26. The second-order valence-electron chi connectivity index (χ2n) is 6.04. The number of carbonyl (C=O) groups is 2. The minimum Gasteiger partial charge on any atom is -0.508 e. The molecular formula is C19H23N3O5. The standard InChI is InChI=1S/C19H23N3O5/c1-27-19(26)17(11-13-4-8-15(24)9-5-13)21-18(25)16(22-20)10-12-2-6-14(23)7-3-12/h2-9,16-17,22-24H,10-11,20H2,1H3,(H,21,25)/t16-,17-/m0/s1. The van der Waals surface area contributed by atoms with Crippen molar-refractivity contribution in [2.45, 2.75) is 24.9 Å². The number of ether oxygens (including phenoxy) is 1. The van der Waals surface area contributed by atoms with E-state index >= 15 is 0 Å². The number of esters is 1. The zero-order valence-electron chi connectivity index (χ0n) is 14.9. The fourth-order valence-electron chi connectivity index (χ4n) is 2.57. The van der Waals surface area contributed by atoms with Crippen molar-refractivity contribution in [2.24, 2.45) is 5.84 Å². The lowest BCUT2D eigenvalue weighted by molar-refractivity contribution is -0.145. The number of phenols is 2. The van der Waals surface area contributed by atoms with Gasteiger partial charge in [0.05, 0.1) is 7.11 Å².